The molecule has 98 valence electrons. The molecular weight excluding hydrogens is 210 g/mol. The summed E-state index contributed by atoms with van der Waals surface area (Å²) in [5, 5.41) is 11.6. The molecule has 0 saturated carbocycles. The molecule has 0 saturated heterocycles. The Morgan fingerprint density at radius 1 is 1.35 bits per heavy atom. The van der Waals surface area contributed by atoms with Crippen LogP contribution in [-0.4, -0.2) is 6.54 Å². The van der Waals surface area contributed by atoms with E-state index >= 15 is 0 Å². The highest BCUT2D eigenvalue weighted by Crippen LogP contribution is 2.22. The van der Waals surface area contributed by atoms with E-state index in [9.17, 15) is 0 Å². The maximum absolute atomic E-state index is 4.18. The summed E-state index contributed by atoms with van der Waals surface area (Å²) in [6, 6.07) is 0. The zero-order valence-electron chi connectivity index (χ0n) is 12.2. The Bertz CT molecular complexity index is 293. The van der Waals surface area contributed by atoms with Gasteiger partial charge in [-0.3, -0.25) is 0 Å². The van der Waals surface area contributed by atoms with Crippen LogP contribution < -0.4 is 5.32 Å². The van der Waals surface area contributed by atoms with E-state index in [0.29, 0.717) is 5.92 Å². The molecule has 0 bridgehead atoms. The molecule has 0 aliphatic rings. The molecule has 0 amide bonds. The van der Waals surface area contributed by atoms with Crippen molar-refractivity contribution in [2.24, 2.45) is 21.6 Å². The number of hydrogen-bond acceptors (Lipinski definition) is 3. The molecule has 0 radical (unpaired) electrons. The van der Waals surface area contributed by atoms with Crippen LogP contribution in [0.5, 0.6) is 0 Å². The number of rotatable bonds is 6. The summed E-state index contributed by atoms with van der Waals surface area (Å²) in [7, 11) is 0. The van der Waals surface area contributed by atoms with Crippen LogP contribution in [0, 0.1) is 11.3 Å². The van der Waals surface area contributed by atoms with Crippen molar-refractivity contribution in [2.45, 2.75) is 48.0 Å². The van der Waals surface area contributed by atoms with Crippen molar-refractivity contribution in [3.05, 3.63) is 24.2 Å². The van der Waals surface area contributed by atoms with Gasteiger partial charge in [-0.1, -0.05) is 41.2 Å². The van der Waals surface area contributed by atoms with Crippen molar-refractivity contribution in [3.63, 3.8) is 0 Å². The third-order valence-corrected chi connectivity index (χ3v) is 2.44. The van der Waals surface area contributed by atoms with E-state index in [0.717, 1.165) is 24.5 Å². The molecule has 3 heteroatoms. The standard InChI is InChI=1S/C14H27N3/c1-8-13(16-12(4)14(5,6)7)17-15-10-9-11(2)3/h8,11,16H,4,9-10H2,1-3,5-7H3/b13-8-,17-15-. The zero-order chi connectivity index (χ0) is 13.5. The van der Waals surface area contributed by atoms with Gasteiger partial charge >= 0.3 is 0 Å². The Balaban J connectivity index is 4.24. The highest BCUT2D eigenvalue weighted by molar-refractivity contribution is 5.11. The predicted molar refractivity (Wildman–Crippen MR) is 74.7 cm³/mol. The molecular formula is C14H27N3. The summed E-state index contributed by atoms with van der Waals surface area (Å²) < 4.78 is 0. The maximum Gasteiger partial charge on any atom is 0.147 e. The molecule has 0 unspecified atom stereocenters. The maximum atomic E-state index is 4.18. The average Bonchev–Trinajstić information content (AvgIpc) is 2.20. The summed E-state index contributed by atoms with van der Waals surface area (Å²) in [6.07, 6.45) is 2.98. The van der Waals surface area contributed by atoms with Gasteiger partial charge in [0.2, 0.25) is 0 Å². The first-order valence-electron chi connectivity index (χ1n) is 6.27. The van der Waals surface area contributed by atoms with Gasteiger partial charge in [0.15, 0.2) is 0 Å². The van der Waals surface area contributed by atoms with Crippen molar-refractivity contribution in [1.82, 2.24) is 5.32 Å². The van der Waals surface area contributed by atoms with E-state index < -0.39 is 0 Å². The molecule has 0 spiro atoms. The lowest BCUT2D eigenvalue weighted by atomic mass is 9.93. The molecule has 0 aromatic heterocycles. The fourth-order valence-corrected chi connectivity index (χ4v) is 0.939. The fraction of sp³-hybridized carbons (Fsp3) is 0.714. The smallest absolute Gasteiger partial charge is 0.147 e. The third kappa shape index (κ3) is 7.72. The van der Waals surface area contributed by atoms with Gasteiger partial charge in [0.1, 0.15) is 5.82 Å². The van der Waals surface area contributed by atoms with E-state index in [4.69, 9.17) is 0 Å². The average molecular weight is 237 g/mol. The minimum atomic E-state index is 0.0295. The van der Waals surface area contributed by atoms with Gasteiger partial charge in [0.25, 0.3) is 0 Å². The third-order valence-electron chi connectivity index (χ3n) is 2.44. The van der Waals surface area contributed by atoms with E-state index in [1.807, 2.05) is 13.0 Å². The quantitative estimate of drug-likeness (QED) is 0.679. The highest BCUT2D eigenvalue weighted by atomic mass is 15.2. The van der Waals surface area contributed by atoms with E-state index in [1.165, 1.54) is 0 Å². The van der Waals surface area contributed by atoms with Gasteiger partial charge in [0, 0.05) is 11.1 Å². The van der Waals surface area contributed by atoms with Crippen molar-refractivity contribution >= 4 is 0 Å². The van der Waals surface area contributed by atoms with Crippen molar-refractivity contribution in [3.8, 4) is 0 Å². The first-order valence-corrected chi connectivity index (χ1v) is 6.27. The van der Waals surface area contributed by atoms with Crippen LogP contribution >= 0.6 is 0 Å². The van der Waals surface area contributed by atoms with Crippen LogP contribution in [-0.2, 0) is 0 Å². The molecule has 0 aliphatic heterocycles. The minimum absolute atomic E-state index is 0.0295. The Kier molecular flexibility index (Phi) is 6.78. The minimum Gasteiger partial charge on any atom is -0.343 e. The van der Waals surface area contributed by atoms with Crippen LogP contribution in [0.3, 0.4) is 0 Å². The van der Waals surface area contributed by atoms with Crippen molar-refractivity contribution < 1.29 is 0 Å². The normalized spacial score (nSPS) is 13.5. The first-order chi connectivity index (χ1) is 7.77. The number of nitrogens with zero attached hydrogens (tertiary/aromatic N) is 2. The summed E-state index contributed by atoms with van der Waals surface area (Å²) in [4.78, 5) is 0. The van der Waals surface area contributed by atoms with E-state index in [2.05, 4.69) is 56.7 Å². The Morgan fingerprint density at radius 3 is 2.35 bits per heavy atom. The predicted octanol–water partition coefficient (Wildman–Crippen LogP) is 4.50. The number of allylic oxidation sites excluding steroid dienone is 2. The molecule has 3 nitrogen and oxygen atoms in total. The second-order valence-corrected chi connectivity index (χ2v) is 5.68. The van der Waals surface area contributed by atoms with Crippen LogP contribution in [0.15, 0.2) is 34.4 Å². The highest BCUT2D eigenvalue weighted by Gasteiger charge is 2.15. The summed E-state index contributed by atoms with van der Waals surface area (Å²) in [6.45, 7) is 17.5. The number of hydrogen-bond donors (Lipinski definition) is 1. The van der Waals surface area contributed by atoms with Crippen LogP contribution in [0.1, 0.15) is 48.0 Å². The van der Waals surface area contributed by atoms with Crippen LogP contribution in [0.25, 0.3) is 0 Å². The Labute approximate surface area is 106 Å². The van der Waals surface area contributed by atoms with Gasteiger partial charge < -0.3 is 5.32 Å². The molecule has 0 fully saturated rings. The van der Waals surface area contributed by atoms with Crippen LogP contribution in [0.4, 0.5) is 0 Å². The second-order valence-electron chi connectivity index (χ2n) is 5.68. The van der Waals surface area contributed by atoms with Gasteiger partial charge in [-0.2, -0.15) is 5.11 Å². The van der Waals surface area contributed by atoms with E-state index in [1.54, 1.807) is 0 Å². The summed E-state index contributed by atoms with van der Waals surface area (Å²) >= 11 is 0. The Morgan fingerprint density at radius 2 is 1.94 bits per heavy atom. The molecule has 0 rings (SSSR count). The molecule has 0 aromatic carbocycles. The molecule has 17 heavy (non-hydrogen) atoms. The van der Waals surface area contributed by atoms with Crippen LogP contribution in [0.2, 0.25) is 0 Å². The van der Waals surface area contributed by atoms with Gasteiger partial charge in [-0.05, 0) is 25.3 Å². The lowest BCUT2D eigenvalue weighted by Crippen LogP contribution is -2.22. The largest absolute Gasteiger partial charge is 0.343 e. The first kappa shape index (κ1) is 15.9. The van der Waals surface area contributed by atoms with E-state index in [-0.39, 0.29) is 5.41 Å². The molecule has 0 aromatic rings. The lowest BCUT2D eigenvalue weighted by molar-refractivity contribution is 0.474. The zero-order valence-corrected chi connectivity index (χ0v) is 12.2. The molecule has 1 N–H and O–H groups in total. The molecule has 0 atom stereocenters. The van der Waals surface area contributed by atoms with Gasteiger partial charge in [0.05, 0.1) is 6.54 Å². The number of nitrogens with one attached hydrogen (secondary N) is 1. The molecule has 0 heterocycles. The molecule has 0 aliphatic carbocycles. The van der Waals surface area contributed by atoms with Crippen molar-refractivity contribution in [1.29, 1.82) is 0 Å². The second kappa shape index (κ2) is 7.25. The van der Waals surface area contributed by atoms with Gasteiger partial charge in [-0.15, -0.1) is 5.11 Å². The topological polar surface area (TPSA) is 36.8 Å². The summed E-state index contributed by atoms with van der Waals surface area (Å²) in [5.74, 6) is 1.44. The Hall–Kier alpha value is -1.12. The lowest BCUT2D eigenvalue weighted by Gasteiger charge is -2.22. The van der Waals surface area contributed by atoms with Gasteiger partial charge in [-0.25, -0.2) is 0 Å². The number of azo groups is 1. The SMILES string of the molecule is C=C(NC(=C/C)/N=N\CCC(C)C)C(C)(C)C. The monoisotopic (exact) mass is 237 g/mol. The summed E-state index contributed by atoms with van der Waals surface area (Å²) in [5.41, 5.74) is 0.982. The fourth-order valence-electron chi connectivity index (χ4n) is 0.939. The van der Waals surface area contributed by atoms with Crippen molar-refractivity contribution in [2.75, 3.05) is 6.54 Å².